The molecule has 8 heteroatoms. The number of hydrogen-bond acceptors (Lipinski definition) is 6. The summed E-state index contributed by atoms with van der Waals surface area (Å²) < 4.78 is 5.28. The van der Waals surface area contributed by atoms with Crippen LogP contribution in [0.1, 0.15) is 47.7 Å². The number of anilines is 1. The summed E-state index contributed by atoms with van der Waals surface area (Å²) in [6.45, 7) is 2.18. The van der Waals surface area contributed by atoms with E-state index in [2.05, 4.69) is 27.8 Å². The Morgan fingerprint density at radius 2 is 1.71 bits per heavy atom. The zero-order chi connectivity index (χ0) is 26.7. The monoisotopic (exact) mass is 528 g/mol. The maximum atomic E-state index is 13.3. The van der Waals surface area contributed by atoms with E-state index in [0.717, 1.165) is 24.0 Å². The van der Waals surface area contributed by atoms with Crippen molar-refractivity contribution in [1.29, 1.82) is 0 Å². The van der Waals surface area contributed by atoms with E-state index >= 15 is 0 Å². The first-order chi connectivity index (χ1) is 18.6. The number of aryl methyl sites for hydroxylation is 1. The van der Waals surface area contributed by atoms with E-state index in [9.17, 15) is 9.59 Å². The van der Waals surface area contributed by atoms with Crippen molar-refractivity contribution in [3.8, 4) is 16.3 Å². The smallest absolute Gasteiger partial charge is 0.251 e. The number of benzene rings is 3. The lowest BCUT2D eigenvalue weighted by Gasteiger charge is -2.18. The van der Waals surface area contributed by atoms with E-state index in [1.54, 1.807) is 7.11 Å². The lowest BCUT2D eigenvalue weighted by atomic mass is 10.0. The van der Waals surface area contributed by atoms with Gasteiger partial charge in [-0.15, -0.1) is 10.2 Å². The second kappa shape index (κ2) is 13.5. The van der Waals surface area contributed by atoms with E-state index in [-0.39, 0.29) is 11.8 Å². The van der Waals surface area contributed by atoms with Crippen LogP contribution < -0.4 is 15.4 Å². The number of rotatable bonds is 12. The van der Waals surface area contributed by atoms with Crippen LogP contribution in [0.25, 0.3) is 10.6 Å². The van der Waals surface area contributed by atoms with Gasteiger partial charge in [0, 0.05) is 17.5 Å². The van der Waals surface area contributed by atoms with Gasteiger partial charge in [0.15, 0.2) is 0 Å². The standard InChI is InChI=1S/C30H32N4O3S/c1-3-4-6-10-21-15-17-23(18-16-21)27(35)31-26(19-22-11-7-5-8-12-22)28(36)32-30-34-33-29(38-30)24-13-9-14-25(20-24)37-2/h5,7-9,11-18,20,26H,3-4,6,10,19H2,1-2H3,(H,31,35)(H,32,34,36)/t26-/m1/s1. The van der Waals surface area contributed by atoms with Crippen molar-refractivity contribution in [3.05, 3.63) is 95.6 Å². The predicted octanol–water partition coefficient (Wildman–Crippen LogP) is 5.93. The van der Waals surface area contributed by atoms with E-state index in [4.69, 9.17) is 4.74 Å². The minimum absolute atomic E-state index is 0.296. The van der Waals surface area contributed by atoms with Crippen molar-refractivity contribution in [2.24, 2.45) is 0 Å². The number of nitrogens with zero attached hydrogens (tertiary/aromatic N) is 2. The second-order valence-corrected chi connectivity index (χ2v) is 9.98. The van der Waals surface area contributed by atoms with Crippen molar-refractivity contribution < 1.29 is 14.3 Å². The molecule has 1 atom stereocenters. The molecule has 0 saturated heterocycles. The number of aromatic nitrogens is 2. The van der Waals surface area contributed by atoms with Crippen LogP contribution in [0.3, 0.4) is 0 Å². The summed E-state index contributed by atoms with van der Waals surface area (Å²) in [6.07, 6.45) is 4.83. The number of amides is 2. The topological polar surface area (TPSA) is 93.2 Å². The van der Waals surface area contributed by atoms with E-state index < -0.39 is 6.04 Å². The van der Waals surface area contributed by atoms with Gasteiger partial charge in [-0.2, -0.15) is 0 Å². The van der Waals surface area contributed by atoms with Gasteiger partial charge in [-0.05, 0) is 48.2 Å². The maximum absolute atomic E-state index is 13.3. The minimum Gasteiger partial charge on any atom is -0.497 e. The Morgan fingerprint density at radius 3 is 2.45 bits per heavy atom. The molecule has 0 radical (unpaired) electrons. The quantitative estimate of drug-likeness (QED) is 0.223. The van der Waals surface area contributed by atoms with Crippen LogP contribution in [0.4, 0.5) is 5.13 Å². The number of hydrogen-bond donors (Lipinski definition) is 2. The molecule has 0 spiro atoms. The molecule has 196 valence electrons. The third-order valence-electron chi connectivity index (χ3n) is 6.16. The Kier molecular flexibility index (Phi) is 9.59. The Morgan fingerprint density at radius 1 is 0.921 bits per heavy atom. The Labute approximate surface area is 227 Å². The fourth-order valence-electron chi connectivity index (χ4n) is 4.04. The average molecular weight is 529 g/mol. The zero-order valence-electron chi connectivity index (χ0n) is 21.6. The molecule has 0 aliphatic carbocycles. The summed E-state index contributed by atoms with van der Waals surface area (Å²) in [4.78, 5) is 26.4. The first-order valence-electron chi connectivity index (χ1n) is 12.8. The van der Waals surface area contributed by atoms with Crippen LogP contribution in [0.2, 0.25) is 0 Å². The molecule has 3 aromatic carbocycles. The third kappa shape index (κ3) is 7.49. The third-order valence-corrected chi connectivity index (χ3v) is 7.05. The Balaban J connectivity index is 1.46. The van der Waals surface area contributed by atoms with Gasteiger partial charge in [-0.25, -0.2) is 0 Å². The SMILES string of the molecule is CCCCCc1ccc(C(=O)N[C@H](Cc2ccccc2)C(=O)Nc2nnc(-c3cccc(OC)c3)s2)cc1. The van der Waals surface area contributed by atoms with E-state index in [0.29, 0.717) is 27.9 Å². The highest BCUT2D eigenvalue weighted by Gasteiger charge is 2.23. The van der Waals surface area contributed by atoms with Gasteiger partial charge >= 0.3 is 0 Å². The Bertz CT molecular complexity index is 1340. The summed E-state index contributed by atoms with van der Waals surface area (Å²) in [5.41, 5.74) is 3.51. The molecule has 0 aliphatic rings. The molecule has 0 aliphatic heterocycles. The summed E-state index contributed by atoms with van der Waals surface area (Å²) in [5, 5.41) is 15.1. The van der Waals surface area contributed by atoms with Crippen molar-refractivity contribution in [2.75, 3.05) is 12.4 Å². The molecule has 0 saturated carbocycles. The first kappa shape index (κ1) is 27.0. The molecule has 2 N–H and O–H groups in total. The zero-order valence-corrected chi connectivity index (χ0v) is 22.5. The predicted molar refractivity (Wildman–Crippen MR) is 152 cm³/mol. The van der Waals surface area contributed by atoms with Gasteiger partial charge in [0.05, 0.1) is 7.11 Å². The Hall–Kier alpha value is -4.04. The van der Waals surface area contributed by atoms with Crippen molar-refractivity contribution in [2.45, 2.75) is 45.1 Å². The molecule has 7 nitrogen and oxygen atoms in total. The molecule has 4 rings (SSSR count). The molecular formula is C30H32N4O3S. The van der Waals surface area contributed by atoms with Crippen molar-refractivity contribution in [1.82, 2.24) is 15.5 Å². The minimum atomic E-state index is -0.793. The summed E-state index contributed by atoms with van der Waals surface area (Å²) in [7, 11) is 1.61. The average Bonchev–Trinajstić information content (AvgIpc) is 3.42. The van der Waals surface area contributed by atoms with Crippen LogP contribution in [0.5, 0.6) is 5.75 Å². The van der Waals surface area contributed by atoms with Gasteiger partial charge in [0.2, 0.25) is 11.0 Å². The largest absolute Gasteiger partial charge is 0.497 e. The molecule has 0 fully saturated rings. The van der Waals surface area contributed by atoms with Crippen molar-refractivity contribution in [3.63, 3.8) is 0 Å². The number of carbonyl (C=O) groups excluding carboxylic acids is 2. The maximum Gasteiger partial charge on any atom is 0.251 e. The molecular weight excluding hydrogens is 496 g/mol. The highest BCUT2D eigenvalue weighted by atomic mass is 32.1. The fourth-order valence-corrected chi connectivity index (χ4v) is 4.78. The number of methoxy groups -OCH3 is 1. The van der Waals surface area contributed by atoms with Gasteiger partial charge in [-0.1, -0.05) is 85.7 Å². The van der Waals surface area contributed by atoms with Crippen molar-refractivity contribution >= 4 is 28.3 Å². The fraction of sp³-hybridized carbons (Fsp3) is 0.267. The van der Waals surface area contributed by atoms with Crippen LogP contribution in [0.15, 0.2) is 78.9 Å². The summed E-state index contributed by atoms with van der Waals surface area (Å²) in [6, 6.07) is 23.9. The number of nitrogens with one attached hydrogen (secondary N) is 2. The molecule has 2 amide bonds. The lowest BCUT2D eigenvalue weighted by Crippen LogP contribution is -2.45. The molecule has 38 heavy (non-hydrogen) atoms. The van der Waals surface area contributed by atoms with Crippen LogP contribution in [-0.2, 0) is 17.6 Å². The number of carbonyl (C=O) groups is 2. The molecule has 1 aromatic heterocycles. The van der Waals surface area contributed by atoms with Gasteiger partial charge in [0.25, 0.3) is 5.91 Å². The first-order valence-corrected chi connectivity index (χ1v) is 13.6. The number of ether oxygens (including phenoxy) is 1. The van der Waals surface area contributed by atoms with Crippen LogP contribution >= 0.6 is 11.3 Å². The molecule has 1 heterocycles. The second-order valence-electron chi connectivity index (χ2n) is 9.00. The highest BCUT2D eigenvalue weighted by molar-refractivity contribution is 7.18. The molecule has 0 bridgehead atoms. The van der Waals surface area contributed by atoms with E-state index in [1.165, 1.54) is 29.7 Å². The van der Waals surface area contributed by atoms with Gasteiger partial charge < -0.3 is 10.1 Å². The lowest BCUT2D eigenvalue weighted by molar-refractivity contribution is -0.118. The van der Waals surface area contributed by atoms with E-state index in [1.807, 2.05) is 78.9 Å². The van der Waals surface area contributed by atoms with Crippen LogP contribution in [0, 0.1) is 0 Å². The van der Waals surface area contributed by atoms with Crippen LogP contribution in [-0.4, -0.2) is 35.2 Å². The molecule has 4 aromatic rings. The normalized spacial score (nSPS) is 11.5. The summed E-state index contributed by atoms with van der Waals surface area (Å²) in [5.74, 6) is 0.0603. The van der Waals surface area contributed by atoms with Gasteiger partial charge in [-0.3, -0.25) is 14.9 Å². The van der Waals surface area contributed by atoms with Gasteiger partial charge in [0.1, 0.15) is 16.8 Å². The highest BCUT2D eigenvalue weighted by Crippen LogP contribution is 2.28. The molecule has 0 unspecified atom stereocenters. The summed E-state index contributed by atoms with van der Waals surface area (Å²) >= 11 is 1.26. The number of unbranched alkanes of at least 4 members (excludes halogenated alkanes) is 2.